The predicted octanol–water partition coefficient (Wildman–Crippen LogP) is 5.23. The number of hydrogen-bond donors (Lipinski definition) is 0. The molecular formula is C18H16O. The summed E-state index contributed by atoms with van der Waals surface area (Å²) in [7, 11) is 0. The van der Waals surface area contributed by atoms with Crippen LogP contribution in [0.1, 0.15) is 11.3 Å². The number of hydrogen-bond acceptors (Lipinski definition) is 1. The molecule has 0 radical (unpaired) electrons. The Labute approximate surface area is 113 Å². The number of aryl methyl sites for hydroxylation is 2. The minimum atomic E-state index is 0.924. The van der Waals surface area contributed by atoms with Crippen molar-refractivity contribution < 1.29 is 4.42 Å². The molecule has 1 nitrogen and oxygen atoms in total. The van der Waals surface area contributed by atoms with Gasteiger partial charge in [-0.25, -0.2) is 0 Å². The standard InChI is InChI=1S/C18H16O/c1-13-3-6-15(7-4-13)16-8-10-17(11-9-16)18-12-5-14(2)19-18/h3-12H,1-2H3. The highest BCUT2D eigenvalue weighted by molar-refractivity contribution is 5.68. The number of rotatable bonds is 2. The fourth-order valence-corrected chi connectivity index (χ4v) is 2.16. The molecule has 3 aromatic rings. The molecule has 0 fully saturated rings. The molecule has 19 heavy (non-hydrogen) atoms. The summed E-state index contributed by atoms with van der Waals surface area (Å²) in [6.45, 7) is 4.07. The Morgan fingerprint density at radius 1 is 0.579 bits per heavy atom. The van der Waals surface area contributed by atoms with E-state index in [2.05, 4.69) is 55.5 Å². The Bertz CT molecular complexity index is 672. The molecule has 3 rings (SSSR count). The van der Waals surface area contributed by atoms with Crippen molar-refractivity contribution in [2.24, 2.45) is 0 Å². The van der Waals surface area contributed by atoms with Crippen LogP contribution in [0.2, 0.25) is 0 Å². The molecule has 0 aliphatic rings. The summed E-state index contributed by atoms with van der Waals surface area (Å²) in [5, 5.41) is 0. The van der Waals surface area contributed by atoms with Crippen LogP contribution in [0.3, 0.4) is 0 Å². The Hall–Kier alpha value is -2.28. The zero-order valence-corrected chi connectivity index (χ0v) is 11.2. The third-order valence-corrected chi connectivity index (χ3v) is 3.29. The van der Waals surface area contributed by atoms with Crippen molar-refractivity contribution in [1.29, 1.82) is 0 Å². The van der Waals surface area contributed by atoms with Crippen molar-refractivity contribution in [1.82, 2.24) is 0 Å². The molecule has 0 aliphatic carbocycles. The molecule has 0 N–H and O–H groups in total. The van der Waals surface area contributed by atoms with E-state index in [9.17, 15) is 0 Å². The Morgan fingerprint density at radius 3 is 1.63 bits per heavy atom. The van der Waals surface area contributed by atoms with Crippen LogP contribution in [0.15, 0.2) is 65.1 Å². The summed E-state index contributed by atoms with van der Waals surface area (Å²) in [6.07, 6.45) is 0. The molecule has 0 aliphatic heterocycles. The van der Waals surface area contributed by atoms with E-state index >= 15 is 0 Å². The van der Waals surface area contributed by atoms with Gasteiger partial charge in [-0.15, -0.1) is 0 Å². The van der Waals surface area contributed by atoms with Crippen molar-refractivity contribution in [3.05, 3.63) is 72.0 Å². The third-order valence-electron chi connectivity index (χ3n) is 3.29. The van der Waals surface area contributed by atoms with E-state index in [0.717, 1.165) is 17.1 Å². The van der Waals surface area contributed by atoms with Crippen LogP contribution in [-0.4, -0.2) is 0 Å². The van der Waals surface area contributed by atoms with Crippen molar-refractivity contribution in [2.45, 2.75) is 13.8 Å². The molecule has 0 spiro atoms. The summed E-state index contributed by atoms with van der Waals surface area (Å²) in [5.74, 6) is 1.87. The lowest BCUT2D eigenvalue weighted by Crippen LogP contribution is -1.79. The van der Waals surface area contributed by atoms with Crippen LogP contribution in [0.5, 0.6) is 0 Å². The smallest absolute Gasteiger partial charge is 0.134 e. The topological polar surface area (TPSA) is 13.1 Å². The van der Waals surface area contributed by atoms with Gasteiger partial charge in [0.1, 0.15) is 11.5 Å². The first-order chi connectivity index (χ1) is 9.22. The van der Waals surface area contributed by atoms with Crippen molar-refractivity contribution in [3.63, 3.8) is 0 Å². The van der Waals surface area contributed by atoms with Gasteiger partial charge in [0.2, 0.25) is 0 Å². The molecule has 2 aromatic carbocycles. The highest BCUT2D eigenvalue weighted by Gasteiger charge is 2.03. The van der Waals surface area contributed by atoms with Crippen LogP contribution in [0.4, 0.5) is 0 Å². The van der Waals surface area contributed by atoms with Gasteiger partial charge < -0.3 is 4.42 Å². The SMILES string of the molecule is Cc1ccc(-c2ccc(-c3ccc(C)o3)cc2)cc1. The minimum Gasteiger partial charge on any atom is -0.461 e. The van der Waals surface area contributed by atoms with E-state index in [1.54, 1.807) is 0 Å². The molecule has 0 atom stereocenters. The van der Waals surface area contributed by atoms with Gasteiger partial charge in [-0.3, -0.25) is 0 Å². The Balaban J connectivity index is 1.92. The molecule has 0 unspecified atom stereocenters. The minimum absolute atomic E-state index is 0.924. The average molecular weight is 248 g/mol. The Kier molecular flexibility index (Phi) is 2.96. The molecule has 1 aromatic heterocycles. The van der Waals surface area contributed by atoms with Gasteiger partial charge in [-0.2, -0.15) is 0 Å². The fourth-order valence-electron chi connectivity index (χ4n) is 2.16. The third kappa shape index (κ3) is 2.45. The van der Waals surface area contributed by atoms with Crippen LogP contribution in [0.25, 0.3) is 22.5 Å². The monoisotopic (exact) mass is 248 g/mol. The van der Waals surface area contributed by atoms with E-state index in [4.69, 9.17) is 4.42 Å². The highest BCUT2D eigenvalue weighted by Crippen LogP contribution is 2.26. The van der Waals surface area contributed by atoms with Crippen LogP contribution in [0, 0.1) is 13.8 Å². The van der Waals surface area contributed by atoms with E-state index < -0.39 is 0 Å². The van der Waals surface area contributed by atoms with Crippen molar-refractivity contribution in [3.8, 4) is 22.5 Å². The predicted molar refractivity (Wildman–Crippen MR) is 79.1 cm³/mol. The molecule has 0 saturated heterocycles. The van der Waals surface area contributed by atoms with Gasteiger partial charge in [0, 0.05) is 5.56 Å². The first-order valence-electron chi connectivity index (χ1n) is 6.46. The lowest BCUT2D eigenvalue weighted by atomic mass is 10.0. The normalized spacial score (nSPS) is 10.6. The maximum atomic E-state index is 5.63. The largest absolute Gasteiger partial charge is 0.461 e. The summed E-state index contributed by atoms with van der Waals surface area (Å²) < 4.78 is 5.63. The van der Waals surface area contributed by atoms with Gasteiger partial charge in [0.25, 0.3) is 0 Å². The quantitative estimate of drug-likeness (QED) is 0.605. The van der Waals surface area contributed by atoms with Crippen LogP contribution in [-0.2, 0) is 0 Å². The number of furan rings is 1. The summed E-state index contributed by atoms with van der Waals surface area (Å²) in [4.78, 5) is 0. The van der Waals surface area contributed by atoms with Gasteiger partial charge in [0.15, 0.2) is 0 Å². The van der Waals surface area contributed by atoms with Crippen molar-refractivity contribution >= 4 is 0 Å². The van der Waals surface area contributed by atoms with E-state index in [0.29, 0.717) is 0 Å². The maximum absolute atomic E-state index is 5.63. The lowest BCUT2D eigenvalue weighted by Gasteiger charge is -2.03. The second kappa shape index (κ2) is 4.77. The first kappa shape index (κ1) is 11.8. The molecule has 0 saturated carbocycles. The van der Waals surface area contributed by atoms with E-state index in [-0.39, 0.29) is 0 Å². The van der Waals surface area contributed by atoms with Gasteiger partial charge in [-0.05, 0) is 37.1 Å². The van der Waals surface area contributed by atoms with E-state index in [1.165, 1.54) is 16.7 Å². The zero-order chi connectivity index (χ0) is 13.2. The average Bonchev–Trinajstić information content (AvgIpc) is 2.87. The molecule has 1 heteroatoms. The second-order valence-electron chi connectivity index (χ2n) is 4.85. The molecule has 1 heterocycles. The molecule has 94 valence electrons. The summed E-state index contributed by atoms with van der Waals surface area (Å²) >= 11 is 0. The first-order valence-corrected chi connectivity index (χ1v) is 6.46. The zero-order valence-electron chi connectivity index (χ0n) is 11.2. The number of benzene rings is 2. The molecule has 0 bridgehead atoms. The van der Waals surface area contributed by atoms with Gasteiger partial charge >= 0.3 is 0 Å². The Morgan fingerprint density at radius 2 is 1.11 bits per heavy atom. The molecule has 0 amide bonds. The van der Waals surface area contributed by atoms with Gasteiger partial charge in [-0.1, -0.05) is 54.1 Å². The lowest BCUT2D eigenvalue weighted by molar-refractivity contribution is 0.548. The maximum Gasteiger partial charge on any atom is 0.134 e. The fraction of sp³-hybridized carbons (Fsp3) is 0.111. The van der Waals surface area contributed by atoms with E-state index in [1.807, 2.05) is 19.1 Å². The summed E-state index contributed by atoms with van der Waals surface area (Å²) in [6, 6.07) is 21.1. The second-order valence-corrected chi connectivity index (χ2v) is 4.85. The van der Waals surface area contributed by atoms with Crippen LogP contribution >= 0.6 is 0 Å². The molecular weight excluding hydrogens is 232 g/mol. The highest BCUT2D eigenvalue weighted by atomic mass is 16.3. The van der Waals surface area contributed by atoms with Crippen molar-refractivity contribution in [2.75, 3.05) is 0 Å². The summed E-state index contributed by atoms with van der Waals surface area (Å²) in [5.41, 5.74) is 4.87. The van der Waals surface area contributed by atoms with Gasteiger partial charge in [0.05, 0.1) is 0 Å². The van der Waals surface area contributed by atoms with Crippen LogP contribution < -0.4 is 0 Å².